The Bertz CT molecular complexity index is 75.5. The quantitative estimate of drug-likeness (QED) is 0.597. The SMILES string of the molecule is CCC[C@H](N)C(C)(C)O. The molecule has 2 heteroatoms. The van der Waals surface area contributed by atoms with E-state index in [-0.39, 0.29) is 6.04 Å². The Labute approximate surface area is 57.1 Å². The van der Waals surface area contributed by atoms with Gasteiger partial charge in [0.1, 0.15) is 0 Å². The molecule has 3 N–H and O–H groups in total. The number of nitrogens with two attached hydrogens (primary N) is 1. The van der Waals surface area contributed by atoms with Gasteiger partial charge in [-0.3, -0.25) is 0 Å². The summed E-state index contributed by atoms with van der Waals surface area (Å²) in [4.78, 5) is 0. The Morgan fingerprint density at radius 2 is 2.00 bits per heavy atom. The first kappa shape index (κ1) is 8.92. The molecule has 0 bridgehead atoms. The zero-order valence-electron chi connectivity index (χ0n) is 6.52. The minimum atomic E-state index is -0.712. The molecule has 0 aliphatic carbocycles. The summed E-state index contributed by atoms with van der Waals surface area (Å²) >= 11 is 0. The van der Waals surface area contributed by atoms with E-state index >= 15 is 0 Å². The Balaban J connectivity index is 3.59. The van der Waals surface area contributed by atoms with Crippen LogP contribution in [0.4, 0.5) is 0 Å². The maximum Gasteiger partial charge on any atom is 0.0741 e. The summed E-state index contributed by atoms with van der Waals surface area (Å²) in [5.74, 6) is 0. The molecule has 0 radical (unpaired) electrons. The van der Waals surface area contributed by atoms with E-state index in [1.807, 2.05) is 0 Å². The Morgan fingerprint density at radius 3 is 2.11 bits per heavy atom. The van der Waals surface area contributed by atoms with Crippen molar-refractivity contribution in [2.24, 2.45) is 5.73 Å². The third-order valence-electron chi connectivity index (χ3n) is 1.51. The zero-order valence-corrected chi connectivity index (χ0v) is 6.52. The summed E-state index contributed by atoms with van der Waals surface area (Å²) in [6, 6.07) is -0.0810. The molecule has 0 amide bonds. The van der Waals surface area contributed by atoms with E-state index < -0.39 is 5.60 Å². The van der Waals surface area contributed by atoms with E-state index in [1.54, 1.807) is 13.8 Å². The zero-order chi connectivity index (χ0) is 7.49. The Hall–Kier alpha value is -0.0800. The average molecular weight is 131 g/mol. The maximum atomic E-state index is 9.29. The lowest BCUT2D eigenvalue weighted by atomic mass is 9.96. The molecule has 0 aromatic heterocycles. The van der Waals surface area contributed by atoms with Crippen molar-refractivity contribution in [2.45, 2.75) is 45.3 Å². The summed E-state index contributed by atoms with van der Waals surface area (Å²) in [7, 11) is 0. The fraction of sp³-hybridized carbons (Fsp3) is 1.00. The van der Waals surface area contributed by atoms with Crippen molar-refractivity contribution in [3.63, 3.8) is 0 Å². The number of hydrogen-bond acceptors (Lipinski definition) is 2. The van der Waals surface area contributed by atoms with Crippen LogP contribution in [0.2, 0.25) is 0 Å². The fourth-order valence-electron chi connectivity index (χ4n) is 0.664. The van der Waals surface area contributed by atoms with Crippen LogP contribution < -0.4 is 5.73 Å². The highest BCUT2D eigenvalue weighted by molar-refractivity contribution is 4.79. The van der Waals surface area contributed by atoms with Gasteiger partial charge in [0.2, 0.25) is 0 Å². The van der Waals surface area contributed by atoms with Crippen LogP contribution in [0, 0.1) is 0 Å². The molecule has 0 aromatic carbocycles. The van der Waals surface area contributed by atoms with Gasteiger partial charge in [0, 0.05) is 6.04 Å². The summed E-state index contributed by atoms with van der Waals surface area (Å²) < 4.78 is 0. The van der Waals surface area contributed by atoms with Gasteiger partial charge in [-0.2, -0.15) is 0 Å². The molecule has 0 aromatic rings. The highest BCUT2D eigenvalue weighted by Crippen LogP contribution is 2.10. The van der Waals surface area contributed by atoms with E-state index in [1.165, 1.54) is 0 Å². The van der Waals surface area contributed by atoms with Gasteiger partial charge in [0.05, 0.1) is 5.60 Å². The van der Waals surface area contributed by atoms with Gasteiger partial charge < -0.3 is 10.8 Å². The van der Waals surface area contributed by atoms with E-state index in [9.17, 15) is 5.11 Å². The molecule has 0 spiro atoms. The van der Waals surface area contributed by atoms with Crippen LogP contribution in [-0.4, -0.2) is 16.7 Å². The van der Waals surface area contributed by atoms with Crippen molar-refractivity contribution in [3.05, 3.63) is 0 Å². The lowest BCUT2D eigenvalue weighted by Crippen LogP contribution is -2.42. The van der Waals surface area contributed by atoms with Crippen LogP contribution in [0.5, 0.6) is 0 Å². The molecular weight excluding hydrogens is 114 g/mol. The average Bonchev–Trinajstić information content (AvgIpc) is 1.64. The lowest BCUT2D eigenvalue weighted by Gasteiger charge is -2.24. The molecule has 2 nitrogen and oxygen atoms in total. The van der Waals surface area contributed by atoms with Gasteiger partial charge >= 0.3 is 0 Å². The van der Waals surface area contributed by atoms with Crippen molar-refractivity contribution in [1.82, 2.24) is 0 Å². The van der Waals surface area contributed by atoms with Crippen molar-refractivity contribution >= 4 is 0 Å². The summed E-state index contributed by atoms with van der Waals surface area (Å²) in [6.45, 7) is 5.55. The van der Waals surface area contributed by atoms with E-state index in [4.69, 9.17) is 5.73 Å². The summed E-state index contributed by atoms with van der Waals surface area (Å²) in [5.41, 5.74) is 4.90. The predicted octanol–water partition coefficient (Wildman–Crippen LogP) is 0.885. The summed E-state index contributed by atoms with van der Waals surface area (Å²) in [6.07, 6.45) is 1.93. The summed E-state index contributed by atoms with van der Waals surface area (Å²) in [5, 5.41) is 9.29. The molecule has 0 heterocycles. The molecule has 9 heavy (non-hydrogen) atoms. The maximum absolute atomic E-state index is 9.29. The smallest absolute Gasteiger partial charge is 0.0741 e. The van der Waals surface area contributed by atoms with Crippen LogP contribution in [0.3, 0.4) is 0 Å². The molecule has 0 rings (SSSR count). The van der Waals surface area contributed by atoms with Crippen LogP contribution in [0.1, 0.15) is 33.6 Å². The molecule has 1 atom stereocenters. The van der Waals surface area contributed by atoms with Gasteiger partial charge in [-0.05, 0) is 20.3 Å². The number of rotatable bonds is 3. The first-order chi connectivity index (χ1) is 3.98. The third-order valence-corrected chi connectivity index (χ3v) is 1.51. The molecule has 0 fully saturated rings. The second-order valence-electron chi connectivity index (χ2n) is 3.05. The van der Waals surface area contributed by atoms with Crippen LogP contribution in [-0.2, 0) is 0 Å². The Morgan fingerprint density at radius 1 is 1.56 bits per heavy atom. The highest BCUT2D eigenvalue weighted by Gasteiger charge is 2.21. The normalized spacial score (nSPS) is 15.7. The molecule has 0 aliphatic heterocycles. The monoisotopic (exact) mass is 131 g/mol. The fourth-order valence-corrected chi connectivity index (χ4v) is 0.664. The largest absolute Gasteiger partial charge is 0.389 e. The Kier molecular flexibility index (Phi) is 3.15. The van der Waals surface area contributed by atoms with Crippen LogP contribution >= 0.6 is 0 Å². The molecule has 56 valence electrons. The van der Waals surface area contributed by atoms with E-state index in [0.29, 0.717) is 0 Å². The standard InChI is InChI=1S/C7H17NO/c1-4-5-6(8)7(2,3)9/h6,9H,4-5,8H2,1-3H3/t6-/m0/s1. The van der Waals surface area contributed by atoms with Gasteiger partial charge in [0.25, 0.3) is 0 Å². The topological polar surface area (TPSA) is 46.2 Å². The van der Waals surface area contributed by atoms with Gasteiger partial charge in [-0.25, -0.2) is 0 Å². The molecule has 0 unspecified atom stereocenters. The first-order valence-corrected chi connectivity index (χ1v) is 3.46. The van der Waals surface area contributed by atoms with Crippen molar-refractivity contribution in [3.8, 4) is 0 Å². The number of aliphatic hydroxyl groups is 1. The predicted molar refractivity (Wildman–Crippen MR) is 39.2 cm³/mol. The molecule has 0 aliphatic rings. The highest BCUT2D eigenvalue weighted by atomic mass is 16.3. The minimum Gasteiger partial charge on any atom is -0.389 e. The van der Waals surface area contributed by atoms with Gasteiger partial charge in [0.15, 0.2) is 0 Å². The lowest BCUT2D eigenvalue weighted by molar-refractivity contribution is 0.0488. The van der Waals surface area contributed by atoms with E-state index in [2.05, 4.69) is 6.92 Å². The van der Waals surface area contributed by atoms with Crippen molar-refractivity contribution in [2.75, 3.05) is 0 Å². The third kappa shape index (κ3) is 3.49. The van der Waals surface area contributed by atoms with Crippen molar-refractivity contribution < 1.29 is 5.11 Å². The second-order valence-corrected chi connectivity index (χ2v) is 3.05. The van der Waals surface area contributed by atoms with Gasteiger partial charge in [-0.15, -0.1) is 0 Å². The molecule has 0 saturated carbocycles. The second kappa shape index (κ2) is 3.18. The first-order valence-electron chi connectivity index (χ1n) is 3.46. The minimum absolute atomic E-state index is 0.0810. The van der Waals surface area contributed by atoms with Crippen molar-refractivity contribution in [1.29, 1.82) is 0 Å². The molecular formula is C7H17NO. The van der Waals surface area contributed by atoms with Gasteiger partial charge in [-0.1, -0.05) is 13.3 Å². The van der Waals surface area contributed by atoms with Crippen LogP contribution in [0.15, 0.2) is 0 Å². The molecule has 0 saturated heterocycles. The van der Waals surface area contributed by atoms with Crippen LogP contribution in [0.25, 0.3) is 0 Å². The van der Waals surface area contributed by atoms with E-state index in [0.717, 1.165) is 12.8 Å². The number of hydrogen-bond donors (Lipinski definition) is 2.